The van der Waals surface area contributed by atoms with Crippen molar-refractivity contribution >= 4 is 58.8 Å². The number of anilines is 1. The van der Waals surface area contributed by atoms with Gasteiger partial charge in [0.05, 0.1) is 12.9 Å². The molecule has 1 aliphatic rings. The van der Waals surface area contributed by atoms with E-state index < -0.39 is 54.6 Å². The molecule has 2 aromatic heterocycles. The van der Waals surface area contributed by atoms with Gasteiger partial charge in [0.15, 0.2) is 16.8 Å². The number of aromatic nitrogens is 4. The highest BCUT2D eigenvalue weighted by Gasteiger charge is 2.45. The molecule has 234 valence electrons. The summed E-state index contributed by atoms with van der Waals surface area (Å²) in [5, 5.41) is 23.9. The highest BCUT2D eigenvalue weighted by atomic mass is 32.1. The Morgan fingerprint density at radius 2 is 1.88 bits per heavy atom. The van der Waals surface area contributed by atoms with E-state index in [1.54, 1.807) is 0 Å². The molecule has 0 spiro atoms. The first-order valence-electron chi connectivity index (χ1n) is 11.0. The Morgan fingerprint density at radius 3 is 2.51 bits per heavy atom. The third-order valence-electron chi connectivity index (χ3n) is 5.03. The van der Waals surface area contributed by atoms with Crippen molar-refractivity contribution in [3.8, 4) is 0 Å². The molecule has 2 aromatic rings. The van der Waals surface area contributed by atoms with Gasteiger partial charge in [0.25, 0.3) is 23.5 Å². The summed E-state index contributed by atoms with van der Waals surface area (Å²) < 4.78 is 51.5. The topological polar surface area (TPSA) is 341 Å². The molecule has 3 heterocycles. The van der Waals surface area contributed by atoms with Crippen LogP contribution in [0.1, 0.15) is 26.5 Å². The molecule has 25 heteroatoms. The SMILES string of the molecule is C.NC(N)=NCCCCNc1nc(=S)c2ncn([C@@H]3O[C@H](COP(=O)([O-])OP(=O)([O-])OP(=O)([O-])O)C(O)[C@@H]3O)c2[nH]1. The molecule has 41 heavy (non-hydrogen) atoms. The van der Waals surface area contributed by atoms with Crippen LogP contribution >= 0.6 is 35.7 Å². The molecule has 0 bridgehead atoms. The number of unbranched alkanes of at least 4 members (excludes halogenated alkanes) is 1. The zero-order valence-electron chi connectivity index (χ0n) is 20.0. The van der Waals surface area contributed by atoms with Crippen LogP contribution in [0.4, 0.5) is 5.95 Å². The summed E-state index contributed by atoms with van der Waals surface area (Å²) in [5.41, 5.74) is 11.0. The Morgan fingerprint density at radius 1 is 1.20 bits per heavy atom. The van der Waals surface area contributed by atoms with Crippen molar-refractivity contribution in [2.24, 2.45) is 16.5 Å². The molecule has 0 saturated carbocycles. The van der Waals surface area contributed by atoms with E-state index in [0.29, 0.717) is 25.9 Å². The van der Waals surface area contributed by atoms with Crippen molar-refractivity contribution in [2.75, 3.05) is 25.0 Å². The third kappa shape index (κ3) is 10.1. The zero-order chi connectivity index (χ0) is 29.9. The number of hydrogen-bond donors (Lipinski definition) is 7. The van der Waals surface area contributed by atoms with E-state index in [0.717, 1.165) is 0 Å². The quantitative estimate of drug-likeness (QED) is 0.0365. The second-order valence-corrected chi connectivity index (χ2v) is 12.7. The first-order chi connectivity index (χ1) is 18.5. The molecule has 0 aromatic carbocycles. The number of aromatic amines is 1. The largest absolute Gasteiger partial charge is 0.756 e. The molecule has 4 unspecified atom stereocenters. The maximum Gasteiger partial charge on any atom is 0.280 e. The van der Waals surface area contributed by atoms with Gasteiger partial charge >= 0.3 is 0 Å². The van der Waals surface area contributed by atoms with Gasteiger partial charge in [0.1, 0.15) is 29.5 Å². The number of nitrogens with one attached hydrogen (secondary N) is 2. The van der Waals surface area contributed by atoms with Crippen LogP contribution in [0.3, 0.4) is 0 Å². The minimum atomic E-state index is -6.11. The average molecular weight is 665 g/mol. The van der Waals surface area contributed by atoms with Crippen LogP contribution in [0.15, 0.2) is 11.3 Å². The van der Waals surface area contributed by atoms with Crippen LogP contribution in [0.25, 0.3) is 11.2 Å². The van der Waals surface area contributed by atoms with E-state index in [1.807, 2.05) is 0 Å². The fourth-order valence-corrected chi connectivity index (χ4v) is 6.55. The van der Waals surface area contributed by atoms with Crippen LogP contribution in [-0.2, 0) is 31.6 Å². The van der Waals surface area contributed by atoms with Crippen LogP contribution in [0.5, 0.6) is 0 Å². The number of nitrogens with zero attached hydrogens (tertiary/aromatic N) is 4. The Labute approximate surface area is 237 Å². The molecule has 21 nitrogen and oxygen atoms in total. The van der Waals surface area contributed by atoms with Crippen molar-refractivity contribution in [1.82, 2.24) is 19.5 Å². The van der Waals surface area contributed by atoms with Gasteiger partial charge in [-0.05, 0) is 12.8 Å². The van der Waals surface area contributed by atoms with Crippen LogP contribution in [0.2, 0.25) is 0 Å². The number of guanidine groups is 1. The van der Waals surface area contributed by atoms with E-state index in [9.17, 15) is 38.6 Å². The number of aliphatic hydroxyl groups excluding tert-OH is 2. The van der Waals surface area contributed by atoms with E-state index in [1.165, 1.54) is 10.9 Å². The maximum atomic E-state index is 11.8. The van der Waals surface area contributed by atoms with E-state index >= 15 is 0 Å². The number of phosphoric ester groups is 1. The first kappa shape index (κ1) is 35.3. The van der Waals surface area contributed by atoms with Crippen molar-refractivity contribution in [1.29, 1.82) is 0 Å². The highest BCUT2D eigenvalue weighted by Crippen LogP contribution is 2.61. The second kappa shape index (κ2) is 14.1. The molecule has 1 aliphatic heterocycles. The normalized spacial score (nSPS) is 25.0. The standard InChI is InChI=1S/C15H27N8O13P3S.CH4/c16-14(17)18-3-1-2-4-19-15-21-11-8(12(40)22-15)20-6-23(11)13-10(25)9(24)7(34-13)5-33-38(29,30)36-39(31,32)35-37(26,27)28;/h6-7,9-10,13,24-25H,1-5H2,(H,29,30)(H,31,32)(H4,16,17,18)(H2,26,27,28)(H2,19,21,22,40);1H4/p-3/t7-,9?,10+,13-;/m1./s1. The van der Waals surface area contributed by atoms with Gasteiger partial charge in [-0.25, -0.2) is 18.6 Å². The Balaban J connectivity index is 0.00000588. The van der Waals surface area contributed by atoms with Gasteiger partial charge in [0, 0.05) is 13.1 Å². The monoisotopic (exact) mass is 665 g/mol. The fourth-order valence-electron chi connectivity index (χ4n) is 3.41. The highest BCUT2D eigenvalue weighted by molar-refractivity contribution is 7.71. The van der Waals surface area contributed by atoms with Crippen LogP contribution in [0, 0.1) is 4.64 Å². The van der Waals surface area contributed by atoms with Crippen LogP contribution < -0.4 is 31.5 Å². The number of imidazole rings is 1. The lowest BCUT2D eigenvalue weighted by atomic mass is 10.1. The van der Waals surface area contributed by atoms with Gasteiger partial charge in [-0.3, -0.25) is 23.3 Å². The predicted molar refractivity (Wildman–Crippen MR) is 137 cm³/mol. The van der Waals surface area contributed by atoms with Gasteiger partial charge in [-0.1, -0.05) is 19.6 Å². The number of nitrogens with two attached hydrogens (primary N) is 2. The Bertz CT molecular complexity index is 1430. The number of fused-ring (bicyclic) bond motifs is 1. The maximum absolute atomic E-state index is 11.8. The van der Waals surface area contributed by atoms with Gasteiger partial charge in [-0.15, -0.1) is 0 Å². The Hall–Kier alpha value is -1.87. The molecule has 7 atom stereocenters. The summed E-state index contributed by atoms with van der Waals surface area (Å²) in [5.74, 6) is 0.232. The minimum Gasteiger partial charge on any atom is -0.756 e. The summed E-state index contributed by atoms with van der Waals surface area (Å²) in [6.07, 6.45) is -3.80. The molecular formula is C16H28N8O13P3S-3. The molecule has 0 radical (unpaired) electrons. The zero-order valence-corrected chi connectivity index (χ0v) is 23.5. The smallest absolute Gasteiger partial charge is 0.280 e. The number of aliphatic hydroxyl groups is 2. The molecule has 0 aliphatic carbocycles. The average Bonchev–Trinajstić information content (AvgIpc) is 3.33. The van der Waals surface area contributed by atoms with Crippen molar-refractivity contribution in [2.45, 2.75) is 44.8 Å². The van der Waals surface area contributed by atoms with Crippen molar-refractivity contribution < 1.29 is 61.4 Å². The predicted octanol–water partition coefficient (Wildman–Crippen LogP) is -2.34. The number of hydrogen-bond acceptors (Lipinski definition) is 17. The molecule has 9 N–H and O–H groups in total. The van der Waals surface area contributed by atoms with Crippen molar-refractivity contribution in [3.63, 3.8) is 0 Å². The summed E-state index contributed by atoms with van der Waals surface area (Å²) >= 11 is 5.26. The summed E-state index contributed by atoms with van der Waals surface area (Å²) in [7, 11) is -17.9. The lowest BCUT2D eigenvalue weighted by Gasteiger charge is -2.33. The summed E-state index contributed by atoms with van der Waals surface area (Å²) in [4.78, 5) is 57.2. The van der Waals surface area contributed by atoms with E-state index in [4.69, 9.17) is 33.3 Å². The number of aliphatic imine (C=N–C) groups is 1. The van der Waals surface area contributed by atoms with E-state index in [-0.39, 0.29) is 35.1 Å². The number of phosphoric acid groups is 3. The Kier molecular flexibility index (Phi) is 12.1. The van der Waals surface area contributed by atoms with Gasteiger partial charge in [0.2, 0.25) is 5.95 Å². The molecule has 1 fully saturated rings. The molecule has 1 saturated heterocycles. The van der Waals surface area contributed by atoms with Gasteiger partial charge < -0.3 is 60.8 Å². The number of rotatable bonds is 14. The minimum absolute atomic E-state index is 0. The molecule has 3 rings (SSSR count). The summed E-state index contributed by atoms with van der Waals surface area (Å²) in [6, 6.07) is 0. The molecular weight excluding hydrogens is 637 g/mol. The number of ether oxygens (including phenoxy) is 1. The van der Waals surface area contributed by atoms with Crippen molar-refractivity contribution in [3.05, 3.63) is 11.0 Å². The van der Waals surface area contributed by atoms with E-state index in [2.05, 4.69) is 38.4 Å². The first-order valence-corrected chi connectivity index (χ1v) is 15.8. The lowest BCUT2D eigenvalue weighted by Crippen LogP contribution is -2.34. The number of H-pyrrole nitrogens is 1. The van der Waals surface area contributed by atoms with Crippen LogP contribution in [-0.4, -0.2) is 78.6 Å². The van der Waals surface area contributed by atoms with Gasteiger partial charge in [-0.2, -0.15) is 0 Å². The second-order valence-electron chi connectivity index (χ2n) is 8.05. The lowest BCUT2D eigenvalue weighted by molar-refractivity contribution is -0.250. The third-order valence-corrected chi connectivity index (χ3v) is 9.01. The fraction of sp³-hybridized carbons (Fsp3) is 0.625. The molecule has 0 amide bonds. The summed E-state index contributed by atoms with van der Waals surface area (Å²) in [6.45, 7) is -0.186.